The van der Waals surface area contributed by atoms with E-state index in [0.29, 0.717) is 34.3 Å². The molecule has 0 fully saturated rings. The summed E-state index contributed by atoms with van der Waals surface area (Å²) in [5.41, 5.74) is 0.558. The Kier molecular flexibility index (Phi) is 5.67. The Morgan fingerprint density at radius 2 is 1.93 bits per heavy atom. The van der Waals surface area contributed by atoms with Gasteiger partial charge in [-0.15, -0.1) is 0 Å². The zero-order chi connectivity index (χ0) is 21.1. The van der Waals surface area contributed by atoms with Gasteiger partial charge in [-0.1, -0.05) is 30.3 Å². The summed E-state index contributed by atoms with van der Waals surface area (Å²) < 4.78 is 1.02. The number of carbonyl (C=O) groups is 1. The third-order valence-corrected chi connectivity index (χ3v) is 5.58. The maximum absolute atomic E-state index is 13.2. The van der Waals surface area contributed by atoms with Gasteiger partial charge in [0, 0.05) is 11.6 Å². The third kappa shape index (κ3) is 3.73. The molecule has 0 radical (unpaired) electrons. The summed E-state index contributed by atoms with van der Waals surface area (Å²) in [7, 11) is 0. The summed E-state index contributed by atoms with van der Waals surface area (Å²) in [6.45, 7) is 0. The molecule has 152 valence electrons. The molecule has 2 N–H and O–H groups in total. The van der Waals surface area contributed by atoms with E-state index < -0.39 is 23.2 Å². The molecule has 30 heavy (non-hydrogen) atoms. The van der Waals surface area contributed by atoms with Gasteiger partial charge in [0.05, 0.1) is 22.1 Å². The molecular weight excluding hydrogens is 400 g/mol. The fourth-order valence-corrected chi connectivity index (χ4v) is 3.95. The molecular formula is C22H20N4O3S. The highest BCUT2D eigenvalue weighted by molar-refractivity contribution is 7.98. The lowest BCUT2D eigenvalue weighted by molar-refractivity contribution is -0.119. The zero-order valence-electron chi connectivity index (χ0n) is 16.3. The Bertz CT molecular complexity index is 1340. The van der Waals surface area contributed by atoms with Gasteiger partial charge < -0.3 is 10.3 Å². The first-order valence-corrected chi connectivity index (χ1v) is 10.9. The second-order valence-corrected chi connectivity index (χ2v) is 7.80. The largest absolute Gasteiger partial charge is 0.329 e. The van der Waals surface area contributed by atoms with E-state index in [1.807, 2.05) is 30.5 Å². The van der Waals surface area contributed by atoms with Crippen LogP contribution in [0.1, 0.15) is 12.5 Å². The normalized spacial score (nSPS) is 12.2. The van der Waals surface area contributed by atoms with Gasteiger partial charge in [0.2, 0.25) is 5.91 Å². The summed E-state index contributed by atoms with van der Waals surface area (Å²) >= 11 is 1.55. The zero-order valence-corrected chi connectivity index (χ0v) is 17.1. The molecule has 0 bridgehead atoms. The van der Waals surface area contributed by atoms with Gasteiger partial charge in [0.1, 0.15) is 6.04 Å². The topological polar surface area (TPSA) is 96.8 Å². The van der Waals surface area contributed by atoms with Gasteiger partial charge in [-0.3, -0.25) is 14.6 Å². The van der Waals surface area contributed by atoms with Crippen molar-refractivity contribution in [3.63, 3.8) is 0 Å². The number of aromatic nitrogens is 3. The average molecular weight is 420 g/mol. The van der Waals surface area contributed by atoms with Crippen LogP contribution in [0.15, 0.2) is 70.4 Å². The number of benzene rings is 2. The standard InChI is InChI=1S/C22H20N4O3S/c1-30-13-11-18(26-21(28)15-8-2-3-9-16(15)25-22(26)29)20(27)24-17-10-4-6-14-7-5-12-23-19(14)17/h2-10,12,18H,11,13H2,1H3,(H,24,27)(H,25,29). The molecule has 4 aromatic rings. The number of nitrogens with one attached hydrogen (secondary N) is 2. The number of nitrogens with zero attached hydrogens (tertiary/aromatic N) is 2. The molecule has 0 aliphatic rings. The molecule has 2 aromatic heterocycles. The lowest BCUT2D eigenvalue weighted by Crippen LogP contribution is -2.43. The van der Waals surface area contributed by atoms with E-state index in [4.69, 9.17) is 0 Å². The van der Waals surface area contributed by atoms with Gasteiger partial charge in [0.25, 0.3) is 5.56 Å². The van der Waals surface area contributed by atoms with Gasteiger partial charge in [-0.25, -0.2) is 9.36 Å². The van der Waals surface area contributed by atoms with Crippen LogP contribution in [-0.4, -0.2) is 32.5 Å². The number of hydrogen-bond acceptors (Lipinski definition) is 5. The summed E-state index contributed by atoms with van der Waals surface area (Å²) in [5.74, 6) is 0.190. The molecule has 0 aliphatic heterocycles. The van der Waals surface area contributed by atoms with E-state index in [2.05, 4.69) is 15.3 Å². The van der Waals surface area contributed by atoms with E-state index in [0.717, 1.165) is 9.95 Å². The highest BCUT2D eigenvalue weighted by Crippen LogP contribution is 2.23. The fraction of sp³-hybridized carbons (Fsp3) is 0.182. The minimum absolute atomic E-state index is 0.340. The Morgan fingerprint density at radius 3 is 2.77 bits per heavy atom. The minimum atomic E-state index is -0.947. The van der Waals surface area contributed by atoms with Crippen molar-refractivity contribution in [2.24, 2.45) is 0 Å². The summed E-state index contributed by atoms with van der Waals surface area (Å²) in [6, 6.07) is 15.0. The molecule has 8 heteroatoms. The molecule has 4 rings (SSSR count). The van der Waals surface area contributed by atoms with Crippen LogP contribution in [-0.2, 0) is 4.79 Å². The third-order valence-electron chi connectivity index (χ3n) is 4.94. The van der Waals surface area contributed by atoms with Crippen molar-refractivity contribution in [2.75, 3.05) is 17.3 Å². The minimum Gasteiger partial charge on any atom is -0.322 e. The lowest BCUT2D eigenvalue weighted by atomic mass is 10.1. The smallest absolute Gasteiger partial charge is 0.322 e. The van der Waals surface area contributed by atoms with Crippen LogP contribution in [0.2, 0.25) is 0 Å². The Hall–Kier alpha value is -3.39. The van der Waals surface area contributed by atoms with Crippen LogP contribution in [0.25, 0.3) is 21.8 Å². The molecule has 1 atom stereocenters. The molecule has 0 saturated heterocycles. The monoisotopic (exact) mass is 420 g/mol. The van der Waals surface area contributed by atoms with Crippen LogP contribution < -0.4 is 16.6 Å². The number of rotatable bonds is 6. The maximum atomic E-state index is 13.2. The molecule has 1 unspecified atom stereocenters. The van der Waals surface area contributed by atoms with Crippen molar-refractivity contribution in [3.8, 4) is 0 Å². The van der Waals surface area contributed by atoms with Crippen LogP contribution in [0.4, 0.5) is 5.69 Å². The van der Waals surface area contributed by atoms with Gasteiger partial charge in [-0.2, -0.15) is 11.8 Å². The highest BCUT2D eigenvalue weighted by atomic mass is 32.2. The summed E-state index contributed by atoms with van der Waals surface area (Å²) in [4.78, 5) is 46.1. The second kappa shape index (κ2) is 8.54. The number of hydrogen-bond donors (Lipinski definition) is 2. The van der Waals surface area contributed by atoms with E-state index in [1.54, 1.807) is 48.3 Å². The molecule has 2 aromatic carbocycles. The van der Waals surface area contributed by atoms with E-state index in [-0.39, 0.29) is 0 Å². The lowest BCUT2D eigenvalue weighted by Gasteiger charge is -2.19. The number of para-hydroxylation sites is 2. The van der Waals surface area contributed by atoms with E-state index in [1.165, 1.54) is 0 Å². The first-order valence-electron chi connectivity index (χ1n) is 9.47. The quantitative estimate of drug-likeness (QED) is 0.499. The molecule has 7 nitrogen and oxygen atoms in total. The van der Waals surface area contributed by atoms with Crippen molar-refractivity contribution < 1.29 is 4.79 Å². The van der Waals surface area contributed by atoms with Crippen LogP contribution in [0, 0.1) is 0 Å². The van der Waals surface area contributed by atoms with Crippen molar-refractivity contribution in [2.45, 2.75) is 12.5 Å². The van der Waals surface area contributed by atoms with E-state index in [9.17, 15) is 14.4 Å². The Balaban J connectivity index is 1.78. The van der Waals surface area contributed by atoms with Gasteiger partial charge >= 0.3 is 5.69 Å². The number of aromatic amines is 1. The van der Waals surface area contributed by atoms with E-state index >= 15 is 0 Å². The predicted octanol–water partition coefficient (Wildman–Crippen LogP) is 3.17. The van der Waals surface area contributed by atoms with Gasteiger partial charge in [-0.05, 0) is 42.7 Å². The summed E-state index contributed by atoms with van der Waals surface area (Å²) in [5, 5.41) is 4.12. The number of carbonyl (C=O) groups excluding carboxylic acids is 1. The number of pyridine rings is 1. The summed E-state index contributed by atoms with van der Waals surface area (Å²) in [6.07, 6.45) is 3.91. The van der Waals surface area contributed by atoms with Crippen LogP contribution in [0.3, 0.4) is 0 Å². The average Bonchev–Trinajstić information content (AvgIpc) is 2.76. The molecule has 0 spiro atoms. The highest BCUT2D eigenvalue weighted by Gasteiger charge is 2.25. The Morgan fingerprint density at radius 1 is 1.13 bits per heavy atom. The number of amides is 1. The first kappa shape index (κ1) is 19.9. The fourth-order valence-electron chi connectivity index (χ4n) is 3.49. The van der Waals surface area contributed by atoms with Crippen molar-refractivity contribution >= 4 is 45.2 Å². The van der Waals surface area contributed by atoms with Crippen molar-refractivity contribution in [3.05, 3.63) is 81.6 Å². The Labute approximate surface area is 176 Å². The molecule has 2 heterocycles. The molecule has 0 aliphatic carbocycles. The van der Waals surface area contributed by atoms with Crippen molar-refractivity contribution in [1.29, 1.82) is 0 Å². The molecule has 0 saturated carbocycles. The number of anilines is 1. The number of H-pyrrole nitrogens is 1. The predicted molar refractivity (Wildman–Crippen MR) is 121 cm³/mol. The van der Waals surface area contributed by atoms with Gasteiger partial charge in [0.15, 0.2) is 0 Å². The van der Waals surface area contributed by atoms with Crippen LogP contribution in [0.5, 0.6) is 0 Å². The number of fused-ring (bicyclic) bond motifs is 2. The molecule has 1 amide bonds. The van der Waals surface area contributed by atoms with Crippen molar-refractivity contribution in [1.82, 2.24) is 14.5 Å². The number of thioether (sulfide) groups is 1. The first-order chi connectivity index (χ1) is 14.6. The SMILES string of the molecule is CSCCC(C(=O)Nc1cccc2cccnc12)n1c(=O)[nH]c2ccccc2c1=O. The maximum Gasteiger partial charge on any atom is 0.329 e. The second-order valence-electron chi connectivity index (χ2n) is 6.82. The van der Waals surface area contributed by atoms with Crippen LogP contribution >= 0.6 is 11.8 Å².